The molecule has 0 bridgehead atoms. The van der Waals surface area contributed by atoms with Gasteiger partial charge in [-0.15, -0.1) is 0 Å². The highest BCUT2D eigenvalue weighted by atomic mass is 15.0. The number of nitrogens with zero attached hydrogens (tertiary/aromatic N) is 5. The second kappa shape index (κ2) is 27.0. The standard InChI is InChI=1S/C103H65N5/c1-6-25-66(26-7-1)80-56-82(60-84(58-80)102-104-98(68-29-10-3-11-30-68)65-99(105-102)69-31-12-4-13-32-69)74-38-22-36-72(53-74)77-48-51-93-94-52-49-78(64-97(94)91-46-21-20-45-90(91)96(93)63-77)73-37-24-40-79(55-73)101-106-100(70-33-14-5-15-34-70)107-103(108-101)85-59-81(67-27-8-2-9-28-67)57-83(61-85)75-39-23-35-71(54-75)76-47-50-92-88-43-17-16-41-86(88)87-42-18-19-44-89(87)95(92)62-76/h1-65H. The minimum atomic E-state index is 0.588. The first-order chi connectivity index (χ1) is 53.5. The molecule has 5 nitrogen and oxygen atoms in total. The van der Waals surface area contributed by atoms with Gasteiger partial charge in [-0.3, -0.25) is 0 Å². The fourth-order valence-electron chi connectivity index (χ4n) is 15.9. The van der Waals surface area contributed by atoms with Crippen molar-refractivity contribution >= 4 is 64.6 Å². The van der Waals surface area contributed by atoms with Crippen molar-refractivity contribution in [1.82, 2.24) is 24.9 Å². The predicted molar refractivity (Wildman–Crippen MR) is 451 cm³/mol. The molecule has 0 spiro atoms. The van der Waals surface area contributed by atoms with Crippen molar-refractivity contribution in [2.24, 2.45) is 0 Å². The van der Waals surface area contributed by atoms with Gasteiger partial charge >= 0.3 is 0 Å². The van der Waals surface area contributed by atoms with Crippen molar-refractivity contribution < 1.29 is 0 Å². The van der Waals surface area contributed by atoms with Gasteiger partial charge in [-0.05, 0) is 221 Å². The number of hydrogen-bond acceptors (Lipinski definition) is 5. The molecule has 0 unspecified atom stereocenters. The number of hydrogen-bond donors (Lipinski definition) is 0. The van der Waals surface area contributed by atoms with Crippen LogP contribution in [-0.2, 0) is 0 Å². The second-order valence-electron chi connectivity index (χ2n) is 27.9. The lowest BCUT2D eigenvalue weighted by Gasteiger charge is -2.15. The fraction of sp³-hybridized carbons (Fsp3) is 0. The van der Waals surface area contributed by atoms with Gasteiger partial charge in [-0.1, -0.05) is 315 Å². The van der Waals surface area contributed by atoms with E-state index in [0.717, 1.165) is 123 Å². The molecule has 5 heteroatoms. The Balaban J connectivity index is 0.654. The first-order valence-corrected chi connectivity index (χ1v) is 36.7. The molecule has 2 aromatic heterocycles. The smallest absolute Gasteiger partial charge is 0.164 e. The SMILES string of the molecule is c1ccc(-c2cc(-c3cccc(-c4ccc5c6ccc(-c7cccc(-c8nc(-c9ccccc9)nc(-c9cc(-c%10ccccc%10)cc(-c%10cccc(-c%11ccc%12c%13ccccc%13c%13ccccc%13c%12c%11)c%10)c9)n8)c7)cc6c6ccccc6c5c4)c3)cc(-c3nc(-c4ccccc4)cc(-c4ccccc4)n3)c2)cc1. The average Bonchev–Trinajstić information content (AvgIpc) is 0.741. The van der Waals surface area contributed by atoms with Crippen molar-refractivity contribution in [2.45, 2.75) is 0 Å². The molecular weight excluding hydrogens is 1310 g/mol. The molecule has 0 N–H and O–H groups in total. The summed E-state index contributed by atoms with van der Waals surface area (Å²) in [6.45, 7) is 0. The zero-order valence-electron chi connectivity index (χ0n) is 58.8. The monoisotopic (exact) mass is 1370 g/mol. The maximum atomic E-state index is 5.44. The summed E-state index contributed by atoms with van der Waals surface area (Å²) in [6.07, 6.45) is 0. The van der Waals surface area contributed by atoms with E-state index in [4.69, 9.17) is 24.9 Å². The van der Waals surface area contributed by atoms with Crippen LogP contribution in [0.3, 0.4) is 0 Å². The molecule has 20 rings (SSSR count). The summed E-state index contributed by atoms with van der Waals surface area (Å²) in [4.78, 5) is 26.7. The third kappa shape index (κ3) is 11.9. The molecular formula is C103H65N5. The summed E-state index contributed by atoms with van der Waals surface area (Å²) in [5, 5.41) is 14.7. The van der Waals surface area contributed by atoms with Gasteiger partial charge in [0, 0.05) is 33.4 Å². The van der Waals surface area contributed by atoms with Gasteiger partial charge in [-0.25, -0.2) is 24.9 Å². The van der Waals surface area contributed by atoms with E-state index in [1.54, 1.807) is 0 Å². The lowest BCUT2D eigenvalue weighted by molar-refractivity contribution is 1.07. The van der Waals surface area contributed by atoms with Crippen LogP contribution in [0, 0.1) is 0 Å². The van der Waals surface area contributed by atoms with E-state index in [-0.39, 0.29) is 0 Å². The number of benzene rings is 18. The average molecular weight is 1370 g/mol. The van der Waals surface area contributed by atoms with E-state index in [1.165, 1.54) is 64.6 Å². The first kappa shape index (κ1) is 63.3. The van der Waals surface area contributed by atoms with Crippen molar-refractivity contribution in [3.8, 4) is 146 Å². The van der Waals surface area contributed by atoms with E-state index in [9.17, 15) is 0 Å². The molecule has 502 valence electrons. The third-order valence-corrected chi connectivity index (χ3v) is 21.2. The number of aromatic nitrogens is 5. The second-order valence-corrected chi connectivity index (χ2v) is 27.9. The Morgan fingerprint density at radius 2 is 0.315 bits per heavy atom. The Morgan fingerprint density at radius 1 is 0.102 bits per heavy atom. The fourth-order valence-corrected chi connectivity index (χ4v) is 15.9. The molecule has 0 saturated carbocycles. The van der Waals surface area contributed by atoms with Crippen LogP contribution in [0.1, 0.15) is 0 Å². The quantitative estimate of drug-likeness (QED) is 0.108. The largest absolute Gasteiger partial charge is 0.228 e. The van der Waals surface area contributed by atoms with Crippen LogP contribution in [-0.4, -0.2) is 24.9 Å². The van der Waals surface area contributed by atoms with Crippen LogP contribution in [0.4, 0.5) is 0 Å². The van der Waals surface area contributed by atoms with Crippen LogP contribution < -0.4 is 0 Å². The molecule has 0 amide bonds. The Labute approximate surface area is 625 Å². The molecule has 2 heterocycles. The molecule has 0 aliphatic rings. The lowest BCUT2D eigenvalue weighted by atomic mass is 9.89. The summed E-state index contributed by atoms with van der Waals surface area (Å²) in [5.74, 6) is 2.45. The van der Waals surface area contributed by atoms with Gasteiger partial charge in [0.2, 0.25) is 0 Å². The molecule has 20 aromatic rings. The van der Waals surface area contributed by atoms with Gasteiger partial charge in [0.05, 0.1) is 11.4 Å². The maximum Gasteiger partial charge on any atom is 0.164 e. The molecule has 0 aliphatic carbocycles. The Morgan fingerprint density at radius 3 is 0.676 bits per heavy atom. The normalized spacial score (nSPS) is 11.5. The molecule has 0 radical (unpaired) electrons. The minimum Gasteiger partial charge on any atom is -0.228 e. The van der Waals surface area contributed by atoms with Gasteiger partial charge < -0.3 is 0 Å². The van der Waals surface area contributed by atoms with Crippen LogP contribution in [0.15, 0.2) is 394 Å². The molecule has 0 saturated heterocycles. The van der Waals surface area contributed by atoms with Crippen LogP contribution in [0.25, 0.3) is 211 Å². The number of rotatable bonds is 13. The van der Waals surface area contributed by atoms with Gasteiger partial charge in [0.25, 0.3) is 0 Å². The summed E-state index contributed by atoms with van der Waals surface area (Å²) in [5.41, 5.74) is 22.9. The predicted octanol–water partition coefficient (Wildman–Crippen LogP) is 27.3. The molecule has 0 fully saturated rings. The lowest BCUT2D eigenvalue weighted by Crippen LogP contribution is -2.00. The maximum absolute atomic E-state index is 5.44. The summed E-state index contributed by atoms with van der Waals surface area (Å²) >= 11 is 0. The van der Waals surface area contributed by atoms with Crippen LogP contribution >= 0.6 is 0 Å². The van der Waals surface area contributed by atoms with E-state index in [1.807, 2.05) is 30.3 Å². The third-order valence-electron chi connectivity index (χ3n) is 21.2. The van der Waals surface area contributed by atoms with E-state index >= 15 is 0 Å². The highest BCUT2D eigenvalue weighted by molar-refractivity contribution is 6.27. The first-order valence-electron chi connectivity index (χ1n) is 36.7. The molecule has 108 heavy (non-hydrogen) atoms. The Bertz CT molecular complexity index is 6790. The van der Waals surface area contributed by atoms with E-state index in [0.29, 0.717) is 23.3 Å². The zero-order valence-corrected chi connectivity index (χ0v) is 58.8. The highest BCUT2D eigenvalue weighted by Gasteiger charge is 2.21. The van der Waals surface area contributed by atoms with Crippen molar-refractivity contribution in [1.29, 1.82) is 0 Å². The van der Waals surface area contributed by atoms with Crippen LogP contribution in [0.2, 0.25) is 0 Å². The summed E-state index contributed by atoms with van der Waals surface area (Å²) < 4.78 is 0. The summed E-state index contributed by atoms with van der Waals surface area (Å²) in [6, 6.07) is 142. The van der Waals surface area contributed by atoms with Gasteiger partial charge in [0.1, 0.15) is 0 Å². The summed E-state index contributed by atoms with van der Waals surface area (Å²) in [7, 11) is 0. The van der Waals surface area contributed by atoms with E-state index in [2.05, 4.69) is 364 Å². The van der Waals surface area contributed by atoms with Crippen molar-refractivity contribution in [3.05, 3.63) is 394 Å². The van der Waals surface area contributed by atoms with Gasteiger partial charge in [-0.2, -0.15) is 0 Å². The topological polar surface area (TPSA) is 64.5 Å². The van der Waals surface area contributed by atoms with Crippen LogP contribution in [0.5, 0.6) is 0 Å². The Hall–Kier alpha value is -14.4. The molecule has 18 aromatic carbocycles. The van der Waals surface area contributed by atoms with E-state index < -0.39 is 0 Å². The van der Waals surface area contributed by atoms with Crippen molar-refractivity contribution in [3.63, 3.8) is 0 Å². The highest BCUT2D eigenvalue weighted by Crippen LogP contribution is 2.44. The van der Waals surface area contributed by atoms with Gasteiger partial charge in [0.15, 0.2) is 23.3 Å². The van der Waals surface area contributed by atoms with Crippen molar-refractivity contribution in [2.75, 3.05) is 0 Å². The molecule has 0 atom stereocenters. The Kier molecular flexibility index (Phi) is 15.8. The minimum absolute atomic E-state index is 0.588. The zero-order chi connectivity index (χ0) is 71.4. The molecule has 0 aliphatic heterocycles. The number of fused-ring (bicyclic) bond motifs is 12.